The van der Waals surface area contributed by atoms with Crippen LogP contribution in [0.5, 0.6) is 0 Å². The Hall–Kier alpha value is -0.300. The van der Waals surface area contributed by atoms with Gasteiger partial charge in [-0.15, -0.1) is 11.6 Å². The van der Waals surface area contributed by atoms with Crippen molar-refractivity contribution in [2.24, 2.45) is 5.92 Å². The van der Waals surface area contributed by atoms with Crippen LogP contribution in [-0.2, 0) is 4.79 Å². The molecule has 0 heterocycles. The highest BCUT2D eigenvalue weighted by molar-refractivity contribution is 6.37. The van der Waals surface area contributed by atoms with Crippen LogP contribution in [0.3, 0.4) is 0 Å². The van der Waals surface area contributed by atoms with E-state index in [9.17, 15) is 4.79 Å². The van der Waals surface area contributed by atoms with Gasteiger partial charge in [-0.2, -0.15) is 0 Å². The minimum atomic E-state index is -0.636. The van der Waals surface area contributed by atoms with Crippen molar-refractivity contribution in [2.75, 3.05) is 0 Å². The summed E-state index contributed by atoms with van der Waals surface area (Å²) in [6, 6.07) is 0. The summed E-state index contributed by atoms with van der Waals surface area (Å²) in [4.78, 5) is 11.0. The van der Waals surface area contributed by atoms with Crippen LogP contribution in [0.1, 0.15) is 45.4 Å². The Morgan fingerprint density at radius 1 is 1.50 bits per heavy atom. The van der Waals surface area contributed by atoms with Crippen LogP contribution in [0.15, 0.2) is 11.6 Å². The van der Waals surface area contributed by atoms with Gasteiger partial charge in [0.25, 0.3) is 0 Å². The molecule has 0 saturated heterocycles. The van der Waals surface area contributed by atoms with E-state index in [4.69, 9.17) is 11.6 Å². The van der Waals surface area contributed by atoms with Crippen molar-refractivity contribution in [3.8, 4) is 0 Å². The minimum absolute atomic E-state index is 0.136. The van der Waals surface area contributed by atoms with Gasteiger partial charge in [-0.1, -0.05) is 12.5 Å². The minimum Gasteiger partial charge on any atom is -0.298 e. The number of halogens is 1. The second kappa shape index (κ2) is 3.69. The summed E-state index contributed by atoms with van der Waals surface area (Å²) in [6.07, 6.45) is 8.99. The van der Waals surface area contributed by atoms with E-state index in [-0.39, 0.29) is 5.78 Å². The highest BCUT2D eigenvalue weighted by Gasteiger charge is 2.43. The van der Waals surface area contributed by atoms with Crippen molar-refractivity contribution in [1.29, 1.82) is 0 Å². The smallest absolute Gasteiger partial charge is 0.154 e. The molecule has 0 aromatic rings. The molecule has 1 saturated carbocycles. The van der Waals surface area contributed by atoms with E-state index in [1.54, 1.807) is 6.92 Å². The van der Waals surface area contributed by atoms with Gasteiger partial charge in [0.2, 0.25) is 0 Å². The van der Waals surface area contributed by atoms with E-state index in [1.807, 2.05) is 0 Å². The fourth-order valence-corrected chi connectivity index (χ4v) is 3.21. The molecule has 2 aliphatic rings. The zero-order valence-corrected chi connectivity index (χ0v) is 9.44. The molecule has 1 nitrogen and oxygen atoms in total. The van der Waals surface area contributed by atoms with Crippen LogP contribution in [0.4, 0.5) is 0 Å². The molecular formula is C12H17ClO. The van der Waals surface area contributed by atoms with Crippen LogP contribution in [-0.4, -0.2) is 10.7 Å². The van der Waals surface area contributed by atoms with Crippen LogP contribution in [0.25, 0.3) is 0 Å². The highest BCUT2D eigenvalue weighted by atomic mass is 35.5. The monoisotopic (exact) mass is 212 g/mol. The summed E-state index contributed by atoms with van der Waals surface area (Å²) in [6.45, 7) is 1.63. The molecule has 0 N–H and O–H groups in total. The molecule has 2 atom stereocenters. The number of rotatable bonds is 1. The number of alkyl halides is 1. The molecule has 0 spiro atoms. The Morgan fingerprint density at radius 3 is 2.93 bits per heavy atom. The normalized spacial score (nSPS) is 37.3. The standard InChI is InChI=1S/C12H17ClO/c1-9(14)12(13)8-4-6-10-5-2-3-7-11(10)12/h7,10H,2-6,8H2,1H3. The second-order valence-corrected chi connectivity index (χ2v) is 5.18. The lowest BCUT2D eigenvalue weighted by atomic mass is 9.70. The Morgan fingerprint density at radius 2 is 2.21 bits per heavy atom. The van der Waals surface area contributed by atoms with Crippen LogP contribution in [0, 0.1) is 5.92 Å². The van der Waals surface area contributed by atoms with E-state index in [1.165, 1.54) is 24.8 Å². The van der Waals surface area contributed by atoms with E-state index in [0.29, 0.717) is 5.92 Å². The molecule has 2 unspecified atom stereocenters. The molecule has 2 aliphatic carbocycles. The van der Waals surface area contributed by atoms with Gasteiger partial charge in [-0.25, -0.2) is 0 Å². The second-order valence-electron chi connectivity index (χ2n) is 4.54. The van der Waals surface area contributed by atoms with Gasteiger partial charge in [-0.05, 0) is 50.5 Å². The molecule has 2 rings (SSSR count). The third-order valence-corrected chi connectivity index (χ3v) is 4.32. The van der Waals surface area contributed by atoms with Crippen LogP contribution >= 0.6 is 11.6 Å². The molecule has 0 aromatic heterocycles. The fourth-order valence-electron chi connectivity index (χ4n) is 2.84. The molecule has 78 valence electrons. The zero-order valence-electron chi connectivity index (χ0n) is 8.68. The lowest BCUT2D eigenvalue weighted by Gasteiger charge is -2.39. The molecule has 0 aliphatic heterocycles. The first-order chi connectivity index (χ1) is 6.64. The first-order valence-corrected chi connectivity index (χ1v) is 5.93. The van der Waals surface area contributed by atoms with Gasteiger partial charge in [-0.3, -0.25) is 4.79 Å². The van der Waals surface area contributed by atoms with Gasteiger partial charge in [0.05, 0.1) is 0 Å². The fraction of sp³-hybridized carbons (Fsp3) is 0.750. The zero-order chi connectivity index (χ0) is 10.2. The van der Waals surface area contributed by atoms with E-state index in [2.05, 4.69) is 6.08 Å². The first-order valence-electron chi connectivity index (χ1n) is 5.55. The van der Waals surface area contributed by atoms with Crippen molar-refractivity contribution in [3.05, 3.63) is 11.6 Å². The van der Waals surface area contributed by atoms with Crippen molar-refractivity contribution in [3.63, 3.8) is 0 Å². The number of allylic oxidation sites excluding steroid dienone is 2. The van der Waals surface area contributed by atoms with Gasteiger partial charge >= 0.3 is 0 Å². The lowest BCUT2D eigenvalue weighted by molar-refractivity contribution is -0.119. The maximum Gasteiger partial charge on any atom is 0.154 e. The number of Topliss-reactive ketones (excluding diaryl/α,β-unsaturated/α-hetero) is 1. The van der Waals surface area contributed by atoms with Gasteiger partial charge in [0.1, 0.15) is 4.87 Å². The summed E-state index contributed by atoms with van der Waals surface area (Å²) in [5.41, 5.74) is 1.24. The average molecular weight is 213 g/mol. The predicted octanol–water partition coefficient (Wildman–Crippen LogP) is 3.46. The Labute approximate surface area is 90.5 Å². The molecule has 0 aromatic carbocycles. The van der Waals surface area contributed by atoms with E-state index in [0.717, 1.165) is 19.3 Å². The molecule has 0 amide bonds. The van der Waals surface area contributed by atoms with Gasteiger partial charge in [0, 0.05) is 0 Å². The van der Waals surface area contributed by atoms with Crippen LogP contribution in [0.2, 0.25) is 0 Å². The van der Waals surface area contributed by atoms with Crippen LogP contribution < -0.4 is 0 Å². The van der Waals surface area contributed by atoms with E-state index >= 15 is 0 Å². The predicted molar refractivity (Wildman–Crippen MR) is 58.5 cm³/mol. The quantitative estimate of drug-likeness (QED) is 0.481. The first kappa shape index (κ1) is 10.2. The lowest BCUT2D eigenvalue weighted by Crippen LogP contribution is -2.40. The summed E-state index contributed by atoms with van der Waals surface area (Å²) >= 11 is 6.47. The van der Waals surface area contributed by atoms with Crippen molar-refractivity contribution in [1.82, 2.24) is 0 Å². The summed E-state index contributed by atoms with van der Waals surface area (Å²) < 4.78 is 0. The molecular weight excluding hydrogens is 196 g/mol. The number of hydrogen-bond acceptors (Lipinski definition) is 1. The number of hydrogen-bond donors (Lipinski definition) is 0. The molecule has 14 heavy (non-hydrogen) atoms. The Bertz CT molecular complexity index is 282. The third kappa shape index (κ3) is 1.52. The van der Waals surface area contributed by atoms with Gasteiger partial charge in [0.15, 0.2) is 5.78 Å². The third-order valence-electron chi connectivity index (χ3n) is 3.65. The van der Waals surface area contributed by atoms with Crippen molar-refractivity contribution < 1.29 is 4.79 Å². The maximum absolute atomic E-state index is 11.6. The Balaban J connectivity index is 2.33. The molecule has 0 bridgehead atoms. The van der Waals surface area contributed by atoms with Crippen molar-refractivity contribution >= 4 is 17.4 Å². The summed E-state index contributed by atoms with van der Waals surface area (Å²) in [5, 5.41) is 0. The largest absolute Gasteiger partial charge is 0.298 e. The number of carbonyl (C=O) groups is 1. The molecule has 2 heteroatoms. The average Bonchev–Trinajstić information content (AvgIpc) is 2.18. The SMILES string of the molecule is CC(=O)C1(Cl)CCCC2CCCC=C21. The number of ketones is 1. The molecule has 1 fully saturated rings. The van der Waals surface area contributed by atoms with Crippen molar-refractivity contribution in [2.45, 2.75) is 50.3 Å². The van der Waals surface area contributed by atoms with Gasteiger partial charge < -0.3 is 0 Å². The maximum atomic E-state index is 11.6. The Kier molecular flexibility index (Phi) is 2.70. The molecule has 0 radical (unpaired) electrons. The number of fused-ring (bicyclic) bond motifs is 1. The number of carbonyl (C=O) groups excluding carboxylic acids is 1. The topological polar surface area (TPSA) is 17.1 Å². The summed E-state index contributed by atoms with van der Waals surface area (Å²) in [5.74, 6) is 0.732. The highest BCUT2D eigenvalue weighted by Crippen LogP contribution is 2.46. The van der Waals surface area contributed by atoms with E-state index < -0.39 is 4.87 Å². The summed E-state index contributed by atoms with van der Waals surface area (Å²) in [7, 11) is 0.